The van der Waals surface area contributed by atoms with Crippen molar-refractivity contribution < 1.29 is 26.8 Å². The highest BCUT2D eigenvalue weighted by Crippen LogP contribution is 2.41. The Kier molecular flexibility index (Phi) is 3.05. The van der Waals surface area contributed by atoms with Gasteiger partial charge in [0.1, 0.15) is 11.6 Å². The van der Waals surface area contributed by atoms with Crippen LogP contribution in [-0.2, 0) is 22.8 Å². The van der Waals surface area contributed by atoms with Gasteiger partial charge in [-0.3, -0.25) is 4.79 Å². The van der Waals surface area contributed by atoms with E-state index < -0.39 is 29.1 Å². The van der Waals surface area contributed by atoms with Gasteiger partial charge in [0.25, 0.3) is 0 Å². The summed E-state index contributed by atoms with van der Waals surface area (Å²) in [5.74, 6) is -1.97. The first kappa shape index (κ1) is 14.6. The normalized spacial score (nSPS) is 20.9. The molecule has 1 N–H and O–H groups in total. The number of rotatable bonds is 2. The van der Waals surface area contributed by atoms with Crippen molar-refractivity contribution in [2.24, 2.45) is 0 Å². The summed E-state index contributed by atoms with van der Waals surface area (Å²) in [5.41, 5.74) is -0.247. The molecule has 116 valence electrons. The van der Waals surface area contributed by atoms with Gasteiger partial charge in [0, 0.05) is 12.1 Å². The quantitative estimate of drug-likeness (QED) is 0.855. The number of amides is 1. The number of halogens is 4. The number of carbonyl (C=O) groups is 1. The number of nitrogens with one attached hydrogen (secondary N) is 1. The molecule has 0 fully saturated rings. The number of alkyl halides is 3. The number of hydrogen-bond donors (Lipinski definition) is 1. The van der Waals surface area contributed by atoms with Crippen molar-refractivity contribution in [3.8, 4) is 0 Å². The maximum absolute atomic E-state index is 13.2. The predicted molar refractivity (Wildman–Crippen MR) is 69.8 cm³/mol. The zero-order valence-corrected chi connectivity index (χ0v) is 11.4. The lowest BCUT2D eigenvalue weighted by atomic mass is 9.80. The summed E-state index contributed by atoms with van der Waals surface area (Å²) in [4.78, 5) is 12.2. The summed E-state index contributed by atoms with van der Waals surface area (Å²) >= 11 is 0. The second-order valence-corrected chi connectivity index (χ2v) is 5.42. The fourth-order valence-corrected chi connectivity index (χ4v) is 2.63. The molecule has 1 aromatic heterocycles. The molecule has 0 spiro atoms. The molecule has 0 saturated carbocycles. The number of furan rings is 1. The molecule has 3 rings (SSSR count). The van der Waals surface area contributed by atoms with Crippen molar-refractivity contribution in [3.63, 3.8) is 0 Å². The Bertz CT molecular complexity index is 750. The molecule has 0 bridgehead atoms. The van der Waals surface area contributed by atoms with Gasteiger partial charge in [0.2, 0.25) is 11.7 Å². The van der Waals surface area contributed by atoms with Crippen molar-refractivity contribution in [1.82, 2.24) is 0 Å². The molecular weight excluding hydrogens is 302 g/mol. The number of fused-ring (bicyclic) bond motifs is 1. The van der Waals surface area contributed by atoms with Crippen molar-refractivity contribution in [1.29, 1.82) is 0 Å². The Morgan fingerprint density at radius 2 is 1.95 bits per heavy atom. The third kappa shape index (κ3) is 2.26. The molecule has 22 heavy (non-hydrogen) atoms. The van der Waals surface area contributed by atoms with E-state index in [1.807, 2.05) is 0 Å². The SMILES string of the molecule is CC1(Cc2ccc(C(F)(F)F)o2)C(=O)Nc2cc(F)ccc21. The van der Waals surface area contributed by atoms with Crippen molar-refractivity contribution >= 4 is 11.6 Å². The zero-order chi connectivity index (χ0) is 16.1. The van der Waals surface area contributed by atoms with Crippen LogP contribution < -0.4 is 5.32 Å². The largest absolute Gasteiger partial charge is 0.456 e. The molecule has 1 aromatic carbocycles. The molecule has 3 nitrogen and oxygen atoms in total. The van der Waals surface area contributed by atoms with Crippen LogP contribution in [0.2, 0.25) is 0 Å². The number of carbonyl (C=O) groups excluding carboxylic acids is 1. The van der Waals surface area contributed by atoms with E-state index in [-0.39, 0.29) is 12.2 Å². The van der Waals surface area contributed by atoms with Gasteiger partial charge in [-0.25, -0.2) is 4.39 Å². The van der Waals surface area contributed by atoms with Crippen molar-refractivity contribution in [3.05, 3.63) is 53.2 Å². The fourth-order valence-electron chi connectivity index (χ4n) is 2.63. The van der Waals surface area contributed by atoms with Crippen molar-refractivity contribution in [2.75, 3.05) is 5.32 Å². The molecule has 1 aliphatic rings. The van der Waals surface area contributed by atoms with E-state index in [4.69, 9.17) is 4.42 Å². The molecule has 2 aromatic rings. The molecule has 0 aliphatic carbocycles. The lowest BCUT2D eigenvalue weighted by Crippen LogP contribution is -2.33. The first-order valence-corrected chi connectivity index (χ1v) is 6.47. The Morgan fingerprint density at radius 3 is 2.59 bits per heavy atom. The highest BCUT2D eigenvalue weighted by Gasteiger charge is 2.44. The molecule has 1 unspecified atom stereocenters. The standard InChI is InChI=1S/C15H11F4NO2/c1-14(7-9-3-5-12(22-9)15(17,18)19)10-4-2-8(16)6-11(10)20-13(14)21/h2-6H,7H2,1H3,(H,20,21). The molecular formula is C15H11F4NO2. The third-order valence-corrected chi connectivity index (χ3v) is 3.79. The van der Waals surface area contributed by atoms with E-state index in [9.17, 15) is 22.4 Å². The van der Waals surface area contributed by atoms with Gasteiger partial charge in [0.15, 0.2) is 0 Å². The molecule has 2 heterocycles. The maximum Gasteiger partial charge on any atom is 0.449 e. The summed E-state index contributed by atoms with van der Waals surface area (Å²) < 4.78 is 55.7. The highest BCUT2D eigenvalue weighted by molar-refractivity contribution is 6.06. The fraction of sp³-hybridized carbons (Fsp3) is 0.267. The zero-order valence-electron chi connectivity index (χ0n) is 11.4. The van der Waals surface area contributed by atoms with Crippen LogP contribution in [0.4, 0.5) is 23.2 Å². The van der Waals surface area contributed by atoms with E-state index in [0.717, 1.165) is 6.07 Å². The summed E-state index contributed by atoms with van der Waals surface area (Å²) in [6.45, 7) is 1.59. The van der Waals surface area contributed by atoms with Crippen LogP contribution in [0.3, 0.4) is 0 Å². The van der Waals surface area contributed by atoms with Crippen LogP contribution in [0.15, 0.2) is 34.7 Å². The van der Waals surface area contributed by atoms with Crippen LogP contribution in [0.5, 0.6) is 0 Å². The number of benzene rings is 1. The third-order valence-electron chi connectivity index (χ3n) is 3.79. The van der Waals surface area contributed by atoms with E-state index in [1.165, 1.54) is 24.3 Å². The molecule has 1 aliphatic heterocycles. The maximum atomic E-state index is 13.2. The monoisotopic (exact) mass is 313 g/mol. The van der Waals surface area contributed by atoms with Gasteiger partial charge in [-0.15, -0.1) is 0 Å². The Balaban J connectivity index is 1.95. The average molecular weight is 313 g/mol. The topological polar surface area (TPSA) is 42.2 Å². The van der Waals surface area contributed by atoms with Gasteiger partial charge in [-0.05, 0) is 36.8 Å². The summed E-state index contributed by atoms with van der Waals surface area (Å²) in [7, 11) is 0. The van der Waals surface area contributed by atoms with Crippen LogP contribution in [0, 0.1) is 5.82 Å². The minimum absolute atomic E-state index is 0.0437. The minimum atomic E-state index is -4.57. The van der Waals surface area contributed by atoms with Gasteiger partial charge < -0.3 is 9.73 Å². The Morgan fingerprint density at radius 1 is 1.23 bits per heavy atom. The van der Waals surface area contributed by atoms with Gasteiger partial charge in [-0.1, -0.05) is 6.07 Å². The number of hydrogen-bond acceptors (Lipinski definition) is 2. The number of anilines is 1. The van der Waals surface area contributed by atoms with E-state index in [2.05, 4.69) is 5.32 Å². The van der Waals surface area contributed by atoms with Crippen LogP contribution in [0.1, 0.15) is 24.0 Å². The Hall–Kier alpha value is -2.31. The van der Waals surface area contributed by atoms with E-state index in [0.29, 0.717) is 11.3 Å². The van der Waals surface area contributed by atoms with E-state index in [1.54, 1.807) is 6.92 Å². The van der Waals surface area contributed by atoms with Gasteiger partial charge in [-0.2, -0.15) is 13.2 Å². The second-order valence-electron chi connectivity index (χ2n) is 5.42. The van der Waals surface area contributed by atoms with Crippen LogP contribution in [-0.4, -0.2) is 5.91 Å². The van der Waals surface area contributed by atoms with Crippen LogP contribution >= 0.6 is 0 Å². The Labute approximate surface area is 122 Å². The minimum Gasteiger partial charge on any atom is -0.456 e. The summed E-state index contributed by atoms with van der Waals surface area (Å²) in [5, 5.41) is 2.54. The molecule has 0 saturated heterocycles. The first-order valence-electron chi connectivity index (χ1n) is 6.47. The second kappa shape index (κ2) is 4.59. The predicted octanol–water partition coefficient (Wildman–Crippen LogP) is 3.89. The van der Waals surface area contributed by atoms with Gasteiger partial charge in [0.05, 0.1) is 5.41 Å². The summed E-state index contributed by atoms with van der Waals surface area (Å²) in [6.07, 6.45) is -4.62. The lowest BCUT2D eigenvalue weighted by molar-refractivity contribution is -0.153. The van der Waals surface area contributed by atoms with Gasteiger partial charge >= 0.3 is 6.18 Å². The summed E-state index contributed by atoms with van der Waals surface area (Å²) in [6, 6.07) is 5.87. The average Bonchev–Trinajstić information content (AvgIpc) is 2.94. The van der Waals surface area contributed by atoms with E-state index >= 15 is 0 Å². The first-order chi connectivity index (χ1) is 10.2. The molecule has 1 amide bonds. The lowest BCUT2D eigenvalue weighted by Gasteiger charge is -2.20. The van der Waals surface area contributed by atoms with Crippen LogP contribution in [0.25, 0.3) is 0 Å². The molecule has 0 radical (unpaired) electrons. The van der Waals surface area contributed by atoms with Crippen molar-refractivity contribution in [2.45, 2.75) is 24.9 Å². The molecule has 7 heteroatoms. The smallest absolute Gasteiger partial charge is 0.449 e. The molecule has 1 atom stereocenters. The highest BCUT2D eigenvalue weighted by atomic mass is 19.4.